The van der Waals surface area contributed by atoms with Crippen molar-refractivity contribution in [3.63, 3.8) is 0 Å². The van der Waals surface area contributed by atoms with Crippen molar-refractivity contribution in [1.82, 2.24) is 0 Å². The predicted octanol–water partition coefficient (Wildman–Crippen LogP) is 3.41. The molecular formula is C15H26Si. The minimum Gasteiger partial charge on any atom is -0.139 e. The normalized spacial score (nSPS) is 40.6. The molecular weight excluding hydrogens is 208 g/mol. The molecule has 0 aromatic carbocycles. The number of hydrogen-bond donors (Lipinski definition) is 0. The summed E-state index contributed by atoms with van der Waals surface area (Å²) >= 11 is 0. The van der Waals surface area contributed by atoms with Crippen LogP contribution in [0.2, 0.25) is 5.04 Å². The molecule has 3 aliphatic carbocycles. The lowest BCUT2D eigenvalue weighted by molar-refractivity contribution is -0.0832. The van der Waals surface area contributed by atoms with Crippen LogP contribution in [0.3, 0.4) is 0 Å². The Morgan fingerprint density at radius 1 is 1.25 bits per heavy atom. The molecule has 0 saturated heterocycles. The van der Waals surface area contributed by atoms with Gasteiger partial charge in [0.05, 0.1) is 0 Å². The maximum Gasteiger partial charge on any atom is 0.114 e. The molecule has 0 nitrogen and oxygen atoms in total. The average molecular weight is 234 g/mol. The molecule has 3 saturated carbocycles. The van der Waals surface area contributed by atoms with Crippen molar-refractivity contribution in [1.29, 1.82) is 0 Å². The van der Waals surface area contributed by atoms with Gasteiger partial charge >= 0.3 is 0 Å². The van der Waals surface area contributed by atoms with Gasteiger partial charge in [-0.05, 0) is 35.1 Å². The van der Waals surface area contributed by atoms with E-state index >= 15 is 0 Å². The Hall–Kier alpha value is -0.223. The van der Waals surface area contributed by atoms with E-state index in [-0.39, 0.29) is 9.52 Å². The zero-order valence-electron chi connectivity index (χ0n) is 11.6. The lowest BCUT2D eigenvalue weighted by Crippen LogP contribution is -2.59. The SMILES string of the molecule is CC(C)C#C[SiH2]C12CC(CCC1C)C2(C)C. The van der Waals surface area contributed by atoms with E-state index in [1.807, 2.05) is 0 Å². The van der Waals surface area contributed by atoms with Gasteiger partial charge in [0.15, 0.2) is 0 Å². The van der Waals surface area contributed by atoms with Crippen molar-refractivity contribution < 1.29 is 0 Å². The van der Waals surface area contributed by atoms with E-state index in [9.17, 15) is 0 Å². The van der Waals surface area contributed by atoms with E-state index in [4.69, 9.17) is 0 Å². The third kappa shape index (κ3) is 1.58. The van der Waals surface area contributed by atoms with Crippen LogP contribution >= 0.6 is 0 Å². The first-order valence-electron chi connectivity index (χ1n) is 6.88. The van der Waals surface area contributed by atoms with Gasteiger partial charge in [0.25, 0.3) is 0 Å². The molecule has 16 heavy (non-hydrogen) atoms. The van der Waals surface area contributed by atoms with Crippen LogP contribution in [-0.2, 0) is 0 Å². The van der Waals surface area contributed by atoms with Gasteiger partial charge in [-0.1, -0.05) is 41.0 Å². The summed E-state index contributed by atoms with van der Waals surface area (Å²) in [6, 6.07) is 0. The fourth-order valence-electron chi connectivity index (χ4n) is 4.15. The molecule has 3 unspecified atom stereocenters. The zero-order chi connectivity index (χ0) is 12.0. The van der Waals surface area contributed by atoms with Gasteiger partial charge in [-0.25, -0.2) is 0 Å². The van der Waals surface area contributed by atoms with E-state index in [1.54, 1.807) is 0 Å². The number of hydrogen-bond acceptors (Lipinski definition) is 0. The smallest absolute Gasteiger partial charge is 0.114 e. The molecule has 0 amide bonds. The fraction of sp³-hybridized carbons (Fsp3) is 0.867. The van der Waals surface area contributed by atoms with E-state index in [2.05, 4.69) is 46.1 Å². The summed E-state index contributed by atoms with van der Waals surface area (Å²) in [6.07, 6.45) is 4.44. The molecule has 0 spiro atoms. The summed E-state index contributed by atoms with van der Waals surface area (Å²) in [5.41, 5.74) is 4.21. The van der Waals surface area contributed by atoms with Gasteiger partial charge in [-0.15, -0.1) is 11.5 Å². The maximum absolute atomic E-state index is 3.61. The highest BCUT2D eigenvalue weighted by Gasteiger charge is 2.63. The van der Waals surface area contributed by atoms with Gasteiger partial charge in [-0.2, -0.15) is 0 Å². The van der Waals surface area contributed by atoms with Crippen LogP contribution in [0.25, 0.3) is 0 Å². The summed E-state index contributed by atoms with van der Waals surface area (Å²) in [6.45, 7) is 11.9. The zero-order valence-corrected chi connectivity index (χ0v) is 13.0. The maximum atomic E-state index is 3.61. The molecule has 0 aromatic heterocycles. The molecule has 2 bridgehead atoms. The summed E-state index contributed by atoms with van der Waals surface area (Å²) in [5.74, 6) is 5.91. The quantitative estimate of drug-likeness (QED) is 0.482. The highest BCUT2D eigenvalue weighted by Crippen LogP contribution is 2.74. The predicted molar refractivity (Wildman–Crippen MR) is 74.1 cm³/mol. The summed E-state index contributed by atoms with van der Waals surface area (Å²) in [7, 11) is -0.220. The first-order chi connectivity index (χ1) is 7.40. The third-order valence-electron chi connectivity index (χ3n) is 5.60. The Kier molecular flexibility index (Phi) is 2.99. The van der Waals surface area contributed by atoms with Crippen molar-refractivity contribution in [2.75, 3.05) is 0 Å². The van der Waals surface area contributed by atoms with Gasteiger partial charge < -0.3 is 0 Å². The Bertz CT molecular complexity index is 331. The van der Waals surface area contributed by atoms with Crippen molar-refractivity contribution >= 4 is 9.52 Å². The minimum atomic E-state index is -0.220. The molecule has 0 aromatic rings. The second kappa shape index (κ2) is 3.91. The van der Waals surface area contributed by atoms with Crippen molar-refractivity contribution in [3.8, 4) is 11.5 Å². The number of fused-ring (bicyclic) bond motifs is 2. The van der Waals surface area contributed by atoms with Crippen LogP contribution < -0.4 is 0 Å². The molecule has 3 rings (SSSR count). The Balaban J connectivity index is 2.14. The molecule has 1 heteroatoms. The van der Waals surface area contributed by atoms with Gasteiger partial charge in [0, 0.05) is 5.92 Å². The fourth-order valence-corrected chi connectivity index (χ4v) is 6.76. The van der Waals surface area contributed by atoms with Gasteiger partial charge in [0.2, 0.25) is 0 Å². The van der Waals surface area contributed by atoms with Crippen LogP contribution in [0.15, 0.2) is 0 Å². The molecule has 0 heterocycles. The average Bonchev–Trinajstić information content (AvgIpc) is 2.19. The van der Waals surface area contributed by atoms with Crippen LogP contribution in [0.5, 0.6) is 0 Å². The first-order valence-corrected chi connectivity index (χ1v) is 8.30. The van der Waals surface area contributed by atoms with E-state index < -0.39 is 0 Å². The van der Waals surface area contributed by atoms with Gasteiger partial charge in [-0.3, -0.25) is 0 Å². The van der Waals surface area contributed by atoms with Gasteiger partial charge in [0.1, 0.15) is 9.52 Å². The molecule has 90 valence electrons. The standard InChI is InChI=1S/C15H26Si/c1-11(2)8-9-16-15-10-13(14(15,4)5)7-6-12(15)3/h11-13H,6-7,10,16H2,1-5H3. The molecule has 3 aliphatic rings. The summed E-state index contributed by atoms with van der Waals surface area (Å²) in [5, 5.41) is 0.678. The van der Waals surface area contributed by atoms with Crippen LogP contribution in [0.4, 0.5) is 0 Å². The first kappa shape index (κ1) is 12.2. The monoisotopic (exact) mass is 234 g/mol. The van der Waals surface area contributed by atoms with E-state index in [0.717, 1.165) is 11.8 Å². The second-order valence-electron chi connectivity index (χ2n) is 6.91. The number of rotatable bonds is 1. The minimum absolute atomic E-state index is 0.220. The molecule has 0 aliphatic heterocycles. The molecule has 0 N–H and O–H groups in total. The largest absolute Gasteiger partial charge is 0.139 e. The van der Waals surface area contributed by atoms with Crippen LogP contribution in [0, 0.1) is 34.6 Å². The highest BCUT2D eigenvalue weighted by molar-refractivity contribution is 6.50. The van der Waals surface area contributed by atoms with E-state index in [1.165, 1.54) is 19.3 Å². The molecule has 3 fully saturated rings. The summed E-state index contributed by atoms with van der Waals surface area (Å²) < 4.78 is 0. The third-order valence-corrected chi connectivity index (χ3v) is 8.51. The van der Waals surface area contributed by atoms with Crippen LogP contribution in [-0.4, -0.2) is 9.52 Å². The van der Waals surface area contributed by atoms with Crippen LogP contribution in [0.1, 0.15) is 53.9 Å². The lowest BCUT2D eigenvalue weighted by Gasteiger charge is -2.68. The van der Waals surface area contributed by atoms with Crippen molar-refractivity contribution in [3.05, 3.63) is 0 Å². The van der Waals surface area contributed by atoms with Crippen molar-refractivity contribution in [2.24, 2.45) is 23.2 Å². The Labute approximate surface area is 103 Å². The van der Waals surface area contributed by atoms with Crippen molar-refractivity contribution in [2.45, 2.75) is 58.9 Å². The van der Waals surface area contributed by atoms with E-state index in [0.29, 0.717) is 16.4 Å². The topological polar surface area (TPSA) is 0 Å². The summed E-state index contributed by atoms with van der Waals surface area (Å²) in [4.78, 5) is 0. The second-order valence-corrected chi connectivity index (χ2v) is 8.88. The molecule has 3 atom stereocenters. The Morgan fingerprint density at radius 2 is 1.94 bits per heavy atom. The Morgan fingerprint density at radius 3 is 2.44 bits per heavy atom. The highest BCUT2D eigenvalue weighted by atomic mass is 28.2. The molecule has 0 radical (unpaired) electrons. The lowest BCUT2D eigenvalue weighted by atomic mass is 9.45.